The van der Waals surface area contributed by atoms with Crippen LogP contribution in [0.4, 0.5) is 13.2 Å². The summed E-state index contributed by atoms with van der Waals surface area (Å²) >= 11 is 0. The number of rotatable bonds is 1. The molecule has 23 heavy (non-hydrogen) atoms. The minimum absolute atomic E-state index is 0.159. The van der Waals surface area contributed by atoms with Crippen LogP contribution in [-0.4, -0.2) is 17.1 Å². The highest BCUT2D eigenvalue weighted by atomic mass is 19.4. The molecule has 0 aliphatic carbocycles. The van der Waals surface area contributed by atoms with Gasteiger partial charge < -0.3 is 4.74 Å². The van der Waals surface area contributed by atoms with Crippen LogP contribution in [0.1, 0.15) is 50.1 Å². The largest absolute Gasteiger partial charge is 0.467 e. The van der Waals surface area contributed by atoms with Crippen LogP contribution in [-0.2, 0) is 6.18 Å². The van der Waals surface area contributed by atoms with Crippen molar-refractivity contribution < 1.29 is 17.9 Å². The Labute approximate surface area is 135 Å². The summed E-state index contributed by atoms with van der Waals surface area (Å²) in [6.45, 7) is 12.7. The second kappa shape index (κ2) is 8.70. The lowest BCUT2D eigenvalue weighted by Gasteiger charge is -2.15. The lowest BCUT2D eigenvalue weighted by atomic mass is 9.98. The molecule has 6 heteroatoms. The van der Waals surface area contributed by atoms with E-state index in [1.54, 1.807) is 13.8 Å². The van der Waals surface area contributed by atoms with E-state index in [0.717, 1.165) is 6.07 Å². The Morgan fingerprint density at radius 1 is 0.913 bits per heavy atom. The smallest absolute Gasteiger partial charge is 0.416 e. The van der Waals surface area contributed by atoms with E-state index in [1.807, 2.05) is 27.7 Å². The minimum Gasteiger partial charge on any atom is -0.467 e. The molecule has 0 spiro atoms. The molecule has 0 fully saturated rings. The predicted molar refractivity (Wildman–Crippen MR) is 88.0 cm³/mol. The molecule has 1 aromatic carbocycles. The Balaban J connectivity index is 0.00000112. The van der Waals surface area contributed by atoms with E-state index in [-0.39, 0.29) is 11.6 Å². The molecule has 0 atom stereocenters. The molecule has 0 saturated heterocycles. The van der Waals surface area contributed by atoms with Crippen molar-refractivity contribution in [3.8, 4) is 6.01 Å². The summed E-state index contributed by atoms with van der Waals surface area (Å²) in [5.74, 6) is 0. The molecule has 0 unspecified atom stereocenters. The van der Waals surface area contributed by atoms with Gasteiger partial charge in [0.1, 0.15) is 0 Å². The monoisotopic (exact) mass is 330 g/mol. The van der Waals surface area contributed by atoms with Gasteiger partial charge in [-0.15, -0.1) is 0 Å². The Hall–Kier alpha value is -1.85. The number of ether oxygens (including phenoxy) is 1. The number of fused-ring (bicyclic) bond motifs is 1. The van der Waals surface area contributed by atoms with Crippen molar-refractivity contribution in [3.63, 3.8) is 0 Å². The number of methoxy groups -OCH3 is 1. The second-order valence-corrected chi connectivity index (χ2v) is 4.36. The molecule has 0 N–H and O–H groups in total. The van der Waals surface area contributed by atoms with Gasteiger partial charge in [0.15, 0.2) is 0 Å². The Morgan fingerprint density at radius 2 is 1.43 bits per heavy atom. The van der Waals surface area contributed by atoms with Crippen LogP contribution in [0, 0.1) is 20.8 Å². The second-order valence-electron chi connectivity index (χ2n) is 4.36. The molecule has 0 aliphatic rings. The molecule has 2 aromatic rings. The standard InChI is InChI=1S/C13H13F3N2O.2C2H6/c1-6-7(2)11-9(5-10(6)13(14,15)16)8(3)17-12(18-11)19-4;2*1-2/h5H,1-4H3;2*1-2H3. The third-order valence-electron chi connectivity index (χ3n) is 3.21. The molecule has 3 nitrogen and oxygen atoms in total. The number of aromatic nitrogens is 2. The first kappa shape index (κ1) is 21.1. The van der Waals surface area contributed by atoms with Crippen molar-refractivity contribution in [1.29, 1.82) is 0 Å². The normalized spacial score (nSPS) is 10.4. The number of hydrogen-bond donors (Lipinski definition) is 0. The molecule has 0 radical (unpaired) electrons. The van der Waals surface area contributed by atoms with Crippen LogP contribution in [0.2, 0.25) is 0 Å². The highest BCUT2D eigenvalue weighted by Gasteiger charge is 2.33. The topological polar surface area (TPSA) is 35.0 Å². The zero-order valence-corrected chi connectivity index (χ0v) is 15.0. The zero-order valence-electron chi connectivity index (χ0n) is 15.0. The van der Waals surface area contributed by atoms with Crippen LogP contribution < -0.4 is 4.74 Å². The number of aryl methyl sites for hydroxylation is 2. The average Bonchev–Trinajstić information content (AvgIpc) is 2.53. The number of benzene rings is 1. The molecule has 0 amide bonds. The fraction of sp³-hybridized carbons (Fsp3) is 0.529. The molecule has 1 aromatic heterocycles. The summed E-state index contributed by atoms with van der Waals surface area (Å²) in [5.41, 5.74) is 0.994. The highest BCUT2D eigenvalue weighted by Crippen LogP contribution is 2.36. The molecular formula is C17H25F3N2O. The third-order valence-corrected chi connectivity index (χ3v) is 3.21. The van der Waals surface area contributed by atoms with E-state index < -0.39 is 11.7 Å². The lowest BCUT2D eigenvalue weighted by molar-refractivity contribution is -0.138. The van der Waals surface area contributed by atoms with Gasteiger partial charge in [-0.25, -0.2) is 0 Å². The van der Waals surface area contributed by atoms with Gasteiger partial charge in [-0.2, -0.15) is 23.1 Å². The number of halogens is 3. The Bertz CT molecular complexity index is 653. The first-order valence-corrected chi connectivity index (χ1v) is 7.65. The maximum atomic E-state index is 13.0. The van der Waals surface area contributed by atoms with Crippen LogP contribution in [0.5, 0.6) is 6.01 Å². The maximum Gasteiger partial charge on any atom is 0.416 e. The van der Waals surface area contributed by atoms with Gasteiger partial charge in [0, 0.05) is 5.39 Å². The van der Waals surface area contributed by atoms with E-state index >= 15 is 0 Å². The Kier molecular flexibility index (Phi) is 8.00. The van der Waals surface area contributed by atoms with E-state index in [4.69, 9.17) is 4.74 Å². The summed E-state index contributed by atoms with van der Waals surface area (Å²) in [5, 5.41) is 0.399. The molecule has 0 bridgehead atoms. The van der Waals surface area contributed by atoms with Crippen molar-refractivity contribution in [2.24, 2.45) is 0 Å². The fourth-order valence-electron chi connectivity index (χ4n) is 2.03. The number of nitrogens with zero attached hydrogens (tertiary/aromatic N) is 2. The van der Waals surface area contributed by atoms with Gasteiger partial charge in [0.2, 0.25) is 0 Å². The van der Waals surface area contributed by atoms with Crippen LogP contribution in [0.25, 0.3) is 10.9 Å². The van der Waals surface area contributed by atoms with Gasteiger partial charge in [0.05, 0.1) is 23.9 Å². The van der Waals surface area contributed by atoms with Gasteiger partial charge in [0.25, 0.3) is 0 Å². The van der Waals surface area contributed by atoms with Crippen molar-refractivity contribution in [3.05, 3.63) is 28.5 Å². The van der Waals surface area contributed by atoms with E-state index in [1.165, 1.54) is 14.0 Å². The van der Waals surface area contributed by atoms with Crippen LogP contribution >= 0.6 is 0 Å². The average molecular weight is 330 g/mol. The predicted octanol–water partition coefficient (Wildman–Crippen LogP) is 5.63. The molecule has 0 aliphatic heterocycles. The van der Waals surface area contributed by atoms with E-state index in [9.17, 15) is 13.2 Å². The third kappa shape index (κ3) is 4.56. The lowest BCUT2D eigenvalue weighted by Crippen LogP contribution is -2.10. The molecule has 0 saturated carbocycles. The van der Waals surface area contributed by atoms with Crippen molar-refractivity contribution in [2.75, 3.05) is 7.11 Å². The maximum absolute atomic E-state index is 13.0. The molecule has 1 heterocycles. The van der Waals surface area contributed by atoms with Crippen molar-refractivity contribution in [1.82, 2.24) is 9.97 Å². The molecule has 2 rings (SSSR count). The van der Waals surface area contributed by atoms with E-state index in [0.29, 0.717) is 22.2 Å². The number of hydrogen-bond acceptors (Lipinski definition) is 3. The first-order valence-electron chi connectivity index (χ1n) is 7.65. The fourth-order valence-corrected chi connectivity index (χ4v) is 2.03. The van der Waals surface area contributed by atoms with Crippen LogP contribution in [0.3, 0.4) is 0 Å². The van der Waals surface area contributed by atoms with Crippen molar-refractivity contribution in [2.45, 2.75) is 54.6 Å². The van der Waals surface area contributed by atoms with Gasteiger partial charge in [-0.3, -0.25) is 0 Å². The first-order chi connectivity index (χ1) is 10.8. The molecule has 130 valence electrons. The summed E-state index contributed by atoms with van der Waals surface area (Å²) in [7, 11) is 1.42. The van der Waals surface area contributed by atoms with Gasteiger partial charge >= 0.3 is 12.2 Å². The molecular weight excluding hydrogens is 305 g/mol. The van der Waals surface area contributed by atoms with Gasteiger partial charge in [-0.05, 0) is 38.0 Å². The summed E-state index contributed by atoms with van der Waals surface area (Å²) in [6.07, 6.45) is -4.38. The quantitative estimate of drug-likeness (QED) is 0.679. The Morgan fingerprint density at radius 3 is 1.87 bits per heavy atom. The summed E-state index contributed by atoms with van der Waals surface area (Å²) in [6, 6.07) is 1.26. The van der Waals surface area contributed by atoms with E-state index in [2.05, 4.69) is 9.97 Å². The summed E-state index contributed by atoms with van der Waals surface area (Å²) in [4.78, 5) is 8.15. The van der Waals surface area contributed by atoms with Crippen molar-refractivity contribution >= 4 is 10.9 Å². The zero-order chi connectivity index (χ0) is 18.4. The highest BCUT2D eigenvalue weighted by molar-refractivity contribution is 5.86. The SMILES string of the molecule is CC.CC.COc1nc(C)c2cc(C(F)(F)F)c(C)c(C)c2n1. The summed E-state index contributed by atoms with van der Waals surface area (Å²) < 4.78 is 43.9. The van der Waals surface area contributed by atoms with Gasteiger partial charge in [-0.1, -0.05) is 27.7 Å². The van der Waals surface area contributed by atoms with Crippen LogP contribution in [0.15, 0.2) is 6.07 Å². The number of alkyl halides is 3. The minimum atomic E-state index is -4.38.